The van der Waals surface area contributed by atoms with Gasteiger partial charge in [-0.2, -0.15) is 11.8 Å². The first-order chi connectivity index (χ1) is 8.86. The fraction of sp³-hybridized carbons (Fsp3) is 0.600. The number of thioether (sulfide) groups is 1. The smallest absolute Gasteiger partial charge is 0.0366 e. The maximum absolute atomic E-state index is 3.56. The van der Waals surface area contributed by atoms with E-state index in [9.17, 15) is 0 Å². The number of hydrogen-bond donors (Lipinski definition) is 1. The summed E-state index contributed by atoms with van der Waals surface area (Å²) < 4.78 is 0. The van der Waals surface area contributed by atoms with E-state index in [2.05, 4.69) is 53.2 Å². The lowest BCUT2D eigenvalue weighted by molar-refractivity contribution is 0.155. The van der Waals surface area contributed by atoms with Crippen molar-refractivity contribution in [1.29, 1.82) is 0 Å². The Morgan fingerprint density at radius 1 is 1.33 bits per heavy atom. The molecule has 0 radical (unpaired) electrons. The number of rotatable bonds is 1. The van der Waals surface area contributed by atoms with E-state index in [0.717, 1.165) is 13.1 Å². The molecule has 2 atom stereocenters. The van der Waals surface area contributed by atoms with Crippen molar-refractivity contribution in [1.82, 2.24) is 10.2 Å². The van der Waals surface area contributed by atoms with Crippen LogP contribution >= 0.6 is 11.8 Å². The fourth-order valence-corrected chi connectivity index (χ4v) is 4.22. The first kappa shape index (κ1) is 12.5. The van der Waals surface area contributed by atoms with Gasteiger partial charge in [-0.25, -0.2) is 0 Å². The van der Waals surface area contributed by atoms with E-state index in [-0.39, 0.29) is 0 Å². The summed E-state index contributed by atoms with van der Waals surface area (Å²) in [6.45, 7) is 5.79. The van der Waals surface area contributed by atoms with Crippen molar-refractivity contribution in [3.8, 4) is 0 Å². The molecule has 2 aliphatic rings. The molecule has 0 amide bonds. The second kappa shape index (κ2) is 5.64. The molecule has 0 saturated carbocycles. The van der Waals surface area contributed by atoms with E-state index in [1.54, 1.807) is 5.56 Å². The molecule has 1 fully saturated rings. The first-order valence-electron chi connectivity index (χ1n) is 6.98. The van der Waals surface area contributed by atoms with Crippen LogP contribution in [0.2, 0.25) is 0 Å². The van der Waals surface area contributed by atoms with Gasteiger partial charge in [0.1, 0.15) is 0 Å². The van der Waals surface area contributed by atoms with E-state index < -0.39 is 0 Å². The van der Waals surface area contributed by atoms with Gasteiger partial charge in [-0.3, -0.25) is 4.90 Å². The highest BCUT2D eigenvalue weighted by Gasteiger charge is 2.29. The predicted octanol–water partition coefficient (Wildman–Crippen LogP) is 2.66. The minimum absolute atomic E-state index is 0.618. The van der Waals surface area contributed by atoms with Gasteiger partial charge in [0.2, 0.25) is 0 Å². The molecule has 0 aliphatic carbocycles. The first-order valence-corrected chi connectivity index (χ1v) is 8.14. The molecule has 1 saturated heterocycles. The zero-order valence-corrected chi connectivity index (χ0v) is 11.9. The van der Waals surface area contributed by atoms with Gasteiger partial charge < -0.3 is 5.32 Å². The van der Waals surface area contributed by atoms with Gasteiger partial charge in [0, 0.05) is 36.7 Å². The molecule has 0 aromatic heterocycles. The lowest BCUT2D eigenvalue weighted by atomic mass is 9.97. The SMILES string of the molecule is CC1CSCCN1C1CCNCc2ccccc21. The van der Waals surface area contributed by atoms with Crippen LogP contribution in [0.4, 0.5) is 0 Å². The number of hydrogen-bond acceptors (Lipinski definition) is 3. The average Bonchev–Trinajstić information content (AvgIpc) is 2.62. The molecule has 1 aromatic carbocycles. The van der Waals surface area contributed by atoms with Crippen LogP contribution in [0.3, 0.4) is 0 Å². The molecule has 18 heavy (non-hydrogen) atoms. The summed E-state index contributed by atoms with van der Waals surface area (Å²) in [6.07, 6.45) is 1.24. The Labute approximate surface area is 114 Å². The lowest BCUT2D eigenvalue weighted by Gasteiger charge is -2.39. The van der Waals surface area contributed by atoms with Crippen molar-refractivity contribution in [2.45, 2.75) is 32.0 Å². The summed E-state index contributed by atoms with van der Waals surface area (Å²) in [5, 5.41) is 3.56. The minimum atomic E-state index is 0.618. The second-order valence-electron chi connectivity index (χ2n) is 5.34. The van der Waals surface area contributed by atoms with Crippen molar-refractivity contribution in [3.05, 3.63) is 35.4 Å². The topological polar surface area (TPSA) is 15.3 Å². The fourth-order valence-electron chi connectivity index (χ4n) is 3.19. The molecule has 0 spiro atoms. The molecule has 1 N–H and O–H groups in total. The zero-order valence-electron chi connectivity index (χ0n) is 11.1. The Hall–Kier alpha value is -0.510. The van der Waals surface area contributed by atoms with Crippen molar-refractivity contribution >= 4 is 11.8 Å². The Morgan fingerprint density at radius 2 is 2.22 bits per heavy atom. The Balaban J connectivity index is 1.91. The number of fused-ring (bicyclic) bond motifs is 1. The van der Waals surface area contributed by atoms with Crippen molar-refractivity contribution < 1.29 is 0 Å². The van der Waals surface area contributed by atoms with Crippen LogP contribution in [-0.2, 0) is 6.54 Å². The molecule has 3 rings (SSSR count). The second-order valence-corrected chi connectivity index (χ2v) is 6.49. The molecule has 1 aromatic rings. The third kappa shape index (κ3) is 2.44. The van der Waals surface area contributed by atoms with Crippen LogP contribution < -0.4 is 5.32 Å². The molecule has 2 heterocycles. The quantitative estimate of drug-likeness (QED) is 0.837. The van der Waals surface area contributed by atoms with E-state index >= 15 is 0 Å². The van der Waals surface area contributed by atoms with E-state index in [0.29, 0.717) is 12.1 Å². The lowest BCUT2D eigenvalue weighted by Crippen LogP contribution is -2.43. The number of nitrogens with one attached hydrogen (secondary N) is 1. The van der Waals surface area contributed by atoms with E-state index in [1.807, 2.05) is 0 Å². The molecular weight excluding hydrogens is 240 g/mol. The van der Waals surface area contributed by atoms with Crippen molar-refractivity contribution in [2.75, 3.05) is 24.6 Å². The molecule has 2 unspecified atom stereocenters. The largest absolute Gasteiger partial charge is 0.313 e. The highest BCUT2D eigenvalue weighted by Crippen LogP contribution is 2.33. The number of benzene rings is 1. The van der Waals surface area contributed by atoms with E-state index in [4.69, 9.17) is 0 Å². The van der Waals surface area contributed by atoms with Crippen LogP contribution in [0.15, 0.2) is 24.3 Å². The van der Waals surface area contributed by atoms with Crippen LogP contribution in [0.25, 0.3) is 0 Å². The molecule has 2 nitrogen and oxygen atoms in total. The molecule has 3 heteroatoms. The zero-order chi connectivity index (χ0) is 12.4. The monoisotopic (exact) mass is 262 g/mol. The Kier molecular flexibility index (Phi) is 3.92. The Bertz CT molecular complexity index is 407. The van der Waals surface area contributed by atoms with Crippen LogP contribution in [0.5, 0.6) is 0 Å². The number of nitrogens with zero attached hydrogens (tertiary/aromatic N) is 1. The summed E-state index contributed by atoms with van der Waals surface area (Å²) in [4.78, 5) is 2.72. The predicted molar refractivity (Wildman–Crippen MR) is 79.0 cm³/mol. The maximum atomic E-state index is 3.56. The molecule has 98 valence electrons. The standard InChI is InChI=1S/C15H22N2S/c1-12-11-18-9-8-17(12)15-6-7-16-10-13-4-2-3-5-14(13)15/h2-5,12,15-16H,6-11H2,1H3. The van der Waals surface area contributed by atoms with Crippen molar-refractivity contribution in [3.63, 3.8) is 0 Å². The minimum Gasteiger partial charge on any atom is -0.313 e. The molecule has 0 bridgehead atoms. The van der Waals surface area contributed by atoms with Crippen LogP contribution in [0, 0.1) is 0 Å². The normalized spacial score (nSPS) is 29.6. The summed E-state index contributed by atoms with van der Waals surface area (Å²) >= 11 is 2.10. The average molecular weight is 262 g/mol. The molecule has 2 aliphatic heterocycles. The third-order valence-corrected chi connectivity index (χ3v) is 5.33. The van der Waals surface area contributed by atoms with Crippen LogP contribution in [-0.4, -0.2) is 35.5 Å². The Morgan fingerprint density at radius 3 is 3.11 bits per heavy atom. The maximum Gasteiger partial charge on any atom is 0.0366 e. The summed E-state index contributed by atoms with van der Waals surface area (Å²) in [5.74, 6) is 2.57. The van der Waals surface area contributed by atoms with Gasteiger partial charge in [0.25, 0.3) is 0 Å². The highest BCUT2D eigenvalue weighted by molar-refractivity contribution is 7.99. The summed E-state index contributed by atoms with van der Waals surface area (Å²) in [7, 11) is 0. The van der Waals surface area contributed by atoms with Crippen molar-refractivity contribution in [2.24, 2.45) is 0 Å². The highest BCUT2D eigenvalue weighted by atomic mass is 32.2. The van der Waals surface area contributed by atoms with Gasteiger partial charge in [0.15, 0.2) is 0 Å². The van der Waals surface area contributed by atoms with Gasteiger partial charge in [-0.05, 0) is 31.0 Å². The van der Waals surface area contributed by atoms with Gasteiger partial charge in [0.05, 0.1) is 0 Å². The van der Waals surface area contributed by atoms with Gasteiger partial charge in [-0.15, -0.1) is 0 Å². The summed E-state index contributed by atoms with van der Waals surface area (Å²) in [5.41, 5.74) is 3.05. The van der Waals surface area contributed by atoms with Gasteiger partial charge >= 0.3 is 0 Å². The molecular formula is C15H22N2S. The van der Waals surface area contributed by atoms with E-state index in [1.165, 1.54) is 30.0 Å². The van der Waals surface area contributed by atoms with Gasteiger partial charge in [-0.1, -0.05) is 24.3 Å². The third-order valence-electron chi connectivity index (χ3n) is 4.14. The summed E-state index contributed by atoms with van der Waals surface area (Å²) in [6, 6.07) is 10.3. The van der Waals surface area contributed by atoms with Crippen LogP contribution in [0.1, 0.15) is 30.5 Å².